The van der Waals surface area contributed by atoms with Crippen molar-refractivity contribution in [1.82, 2.24) is 9.80 Å². The molecule has 25 heavy (non-hydrogen) atoms. The minimum atomic E-state index is -0.0201. The summed E-state index contributed by atoms with van der Waals surface area (Å²) < 4.78 is 0. The van der Waals surface area contributed by atoms with Crippen LogP contribution in [0.5, 0.6) is 0 Å². The Kier molecular flexibility index (Phi) is 7.44. The van der Waals surface area contributed by atoms with Crippen LogP contribution in [0.2, 0.25) is 0 Å². The highest BCUT2D eigenvalue weighted by Crippen LogP contribution is 2.11. The predicted octanol–water partition coefficient (Wildman–Crippen LogP) is 2.65. The van der Waals surface area contributed by atoms with Crippen molar-refractivity contribution in [3.05, 3.63) is 35.4 Å². The molecule has 1 fully saturated rings. The van der Waals surface area contributed by atoms with Gasteiger partial charge in [-0.2, -0.15) is 0 Å². The number of halogens is 1. The first-order chi connectivity index (χ1) is 12.0. The van der Waals surface area contributed by atoms with Gasteiger partial charge >= 0.3 is 0 Å². The summed E-state index contributed by atoms with van der Waals surface area (Å²) in [6.07, 6.45) is 1.58. The summed E-state index contributed by atoms with van der Waals surface area (Å²) in [5, 5.41) is 0. The van der Waals surface area contributed by atoms with E-state index >= 15 is 0 Å². The number of carbonyl (C=O) groups excluding carboxylic acids is 3. The largest absolute Gasteiger partial charge is 0.339 e. The number of aryl methyl sites for hydroxylation is 1. The number of alkyl halides is 1. The fraction of sp³-hybridized carbons (Fsp3) is 0.526. The van der Waals surface area contributed by atoms with E-state index in [9.17, 15) is 14.4 Å². The molecule has 1 saturated heterocycles. The fourth-order valence-electron chi connectivity index (χ4n) is 2.84. The third kappa shape index (κ3) is 5.85. The van der Waals surface area contributed by atoms with Crippen LogP contribution in [0.1, 0.15) is 41.6 Å². The average molecular weight is 365 g/mol. The first-order valence-electron chi connectivity index (χ1n) is 8.72. The van der Waals surface area contributed by atoms with Gasteiger partial charge < -0.3 is 9.80 Å². The molecule has 2 rings (SSSR count). The predicted molar refractivity (Wildman–Crippen MR) is 97.9 cm³/mol. The van der Waals surface area contributed by atoms with Crippen LogP contribution in [-0.2, 0) is 9.59 Å². The van der Waals surface area contributed by atoms with Crippen LogP contribution in [0.4, 0.5) is 0 Å². The SMILES string of the molecule is Cc1ccc(C(=O)CCC(=O)N2CCN(C(=O)CCCCl)CC2)cc1. The second-order valence-corrected chi connectivity index (χ2v) is 6.72. The zero-order valence-corrected chi connectivity index (χ0v) is 15.4. The maximum atomic E-state index is 12.3. The van der Waals surface area contributed by atoms with E-state index in [1.54, 1.807) is 21.9 Å². The van der Waals surface area contributed by atoms with Crippen LogP contribution in [0.25, 0.3) is 0 Å². The van der Waals surface area contributed by atoms with Crippen molar-refractivity contribution in [2.24, 2.45) is 0 Å². The standard InChI is InChI=1S/C19H25ClN2O3/c1-15-4-6-16(7-5-15)17(23)8-9-19(25)22-13-11-21(12-14-22)18(24)3-2-10-20/h4-7H,2-3,8-14H2,1H3. The van der Waals surface area contributed by atoms with Crippen molar-refractivity contribution < 1.29 is 14.4 Å². The molecule has 1 aromatic carbocycles. The molecule has 0 saturated carbocycles. The topological polar surface area (TPSA) is 57.7 Å². The number of hydrogen-bond donors (Lipinski definition) is 0. The Labute approximate surface area is 153 Å². The maximum absolute atomic E-state index is 12.3. The number of carbonyl (C=O) groups is 3. The van der Waals surface area contributed by atoms with Gasteiger partial charge in [0.1, 0.15) is 0 Å². The van der Waals surface area contributed by atoms with E-state index in [0.29, 0.717) is 50.5 Å². The fourth-order valence-corrected chi connectivity index (χ4v) is 2.98. The Balaban J connectivity index is 1.74. The molecule has 0 radical (unpaired) electrons. The van der Waals surface area contributed by atoms with Crippen LogP contribution in [0.15, 0.2) is 24.3 Å². The number of ketones is 1. The summed E-state index contributed by atoms with van der Waals surface area (Å²) >= 11 is 5.61. The molecule has 0 aromatic heterocycles. The number of Topliss-reactive ketones (excluding diaryl/α,β-unsaturated/α-hetero) is 1. The van der Waals surface area contributed by atoms with Gasteiger partial charge in [-0.05, 0) is 13.3 Å². The summed E-state index contributed by atoms with van der Waals surface area (Å²) in [4.78, 5) is 39.9. The molecular formula is C19H25ClN2O3. The third-order valence-electron chi connectivity index (χ3n) is 4.45. The highest BCUT2D eigenvalue weighted by Gasteiger charge is 2.24. The number of nitrogens with zero attached hydrogens (tertiary/aromatic N) is 2. The Morgan fingerprint density at radius 3 is 1.92 bits per heavy atom. The molecule has 1 aliphatic heterocycles. The molecule has 5 nitrogen and oxygen atoms in total. The van der Waals surface area contributed by atoms with Crippen LogP contribution in [0, 0.1) is 6.92 Å². The third-order valence-corrected chi connectivity index (χ3v) is 4.72. The van der Waals surface area contributed by atoms with Crippen molar-refractivity contribution in [2.75, 3.05) is 32.1 Å². The minimum absolute atomic E-state index is 0.0109. The maximum Gasteiger partial charge on any atom is 0.223 e. The van der Waals surface area contributed by atoms with Gasteiger partial charge in [0, 0.05) is 56.9 Å². The van der Waals surface area contributed by atoms with Gasteiger partial charge in [0.2, 0.25) is 11.8 Å². The van der Waals surface area contributed by atoms with Crippen molar-refractivity contribution in [3.8, 4) is 0 Å². The van der Waals surface area contributed by atoms with E-state index in [4.69, 9.17) is 11.6 Å². The van der Waals surface area contributed by atoms with Crippen molar-refractivity contribution >= 4 is 29.2 Å². The molecule has 0 bridgehead atoms. The van der Waals surface area contributed by atoms with Crippen LogP contribution in [0.3, 0.4) is 0 Å². The van der Waals surface area contributed by atoms with Gasteiger partial charge in [0.15, 0.2) is 5.78 Å². The zero-order valence-electron chi connectivity index (χ0n) is 14.7. The van der Waals surface area contributed by atoms with E-state index < -0.39 is 0 Å². The molecule has 1 aliphatic rings. The number of hydrogen-bond acceptors (Lipinski definition) is 3. The van der Waals surface area contributed by atoms with E-state index in [1.807, 2.05) is 19.1 Å². The lowest BCUT2D eigenvalue weighted by Crippen LogP contribution is -2.50. The monoisotopic (exact) mass is 364 g/mol. The number of rotatable bonds is 7. The Hall–Kier alpha value is -1.88. The van der Waals surface area contributed by atoms with Gasteiger partial charge in [0.25, 0.3) is 0 Å². The Morgan fingerprint density at radius 1 is 0.880 bits per heavy atom. The van der Waals surface area contributed by atoms with E-state index in [2.05, 4.69) is 0 Å². The number of amides is 2. The molecular weight excluding hydrogens is 340 g/mol. The summed E-state index contributed by atoms with van der Waals surface area (Å²) in [5.74, 6) is 0.554. The lowest BCUT2D eigenvalue weighted by molar-refractivity contribution is -0.139. The average Bonchev–Trinajstić information content (AvgIpc) is 2.64. The van der Waals surface area contributed by atoms with Crippen molar-refractivity contribution in [1.29, 1.82) is 0 Å². The van der Waals surface area contributed by atoms with Crippen molar-refractivity contribution in [3.63, 3.8) is 0 Å². The molecule has 1 heterocycles. The molecule has 0 N–H and O–H groups in total. The van der Waals surface area contributed by atoms with E-state index in [0.717, 1.165) is 5.56 Å². The first kappa shape index (κ1) is 19.4. The second kappa shape index (κ2) is 9.56. The quantitative estimate of drug-likeness (QED) is 0.552. The molecule has 0 unspecified atom stereocenters. The van der Waals surface area contributed by atoms with Gasteiger partial charge in [-0.15, -0.1) is 11.6 Å². The van der Waals surface area contributed by atoms with Gasteiger partial charge in [-0.3, -0.25) is 14.4 Å². The smallest absolute Gasteiger partial charge is 0.223 e. The van der Waals surface area contributed by atoms with Gasteiger partial charge in [0.05, 0.1) is 0 Å². The summed E-state index contributed by atoms with van der Waals surface area (Å²) in [6.45, 7) is 4.14. The van der Waals surface area contributed by atoms with E-state index in [1.165, 1.54) is 0 Å². The highest BCUT2D eigenvalue weighted by atomic mass is 35.5. The first-order valence-corrected chi connectivity index (χ1v) is 9.26. The molecule has 0 spiro atoms. The second-order valence-electron chi connectivity index (χ2n) is 6.34. The lowest BCUT2D eigenvalue weighted by atomic mass is 10.0. The Morgan fingerprint density at radius 2 is 1.40 bits per heavy atom. The molecule has 0 aliphatic carbocycles. The molecule has 6 heteroatoms. The van der Waals surface area contributed by atoms with Gasteiger partial charge in [-0.25, -0.2) is 0 Å². The number of benzene rings is 1. The number of piperazine rings is 1. The summed E-state index contributed by atoms with van der Waals surface area (Å²) in [7, 11) is 0. The van der Waals surface area contributed by atoms with Gasteiger partial charge in [-0.1, -0.05) is 29.8 Å². The highest BCUT2D eigenvalue weighted by molar-refractivity contribution is 6.17. The Bertz CT molecular complexity index is 608. The van der Waals surface area contributed by atoms with Crippen LogP contribution < -0.4 is 0 Å². The molecule has 1 aromatic rings. The molecule has 0 atom stereocenters. The summed E-state index contributed by atoms with van der Waals surface area (Å²) in [5.41, 5.74) is 1.75. The molecule has 136 valence electrons. The van der Waals surface area contributed by atoms with Crippen LogP contribution in [-0.4, -0.2) is 59.5 Å². The minimum Gasteiger partial charge on any atom is -0.339 e. The summed E-state index contributed by atoms with van der Waals surface area (Å²) in [6, 6.07) is 7.39. The lowest BCUT2D eigenvalue weighted by Gasteiger charge is -2.35. The molecule has 2 amide bonds. The van der Waals surface area contributed by atoms with Crippen molar-refractivity contribution in [2.45, 2.75) is 32.6 Å². The van der Waals surface area contributed by atoms with E-state index in [-0.39, 0.29) is 30.4 Å². The van der Waals surface area contributed by atoms with Crippen LogP contribution >= 0.6 is 11.6 Å². The normalized spacial score (nSPS) is 14.5. The zero-order chi connectivity index (χ0) is 18.2.